The van der Waals surface area contributed by atoms with E-state index in [1.165, 1.54) is 5.56 Å². The van der Waals surface area contributed by atoms with Gasteiger partial charge in [-0.3, -0.25) is 4.79 Å². The highest BCUT2D eigenvalue weighted by Crippen LogP contribution is 2.30. The molecule has 0 bridgehead atoms. The number of amides is 1. The van der Waals surface area contributed by atoms with Crippen molar-refractivity contribution < 1.29 is 4.79 Å². The van der Waals surface area contributed by atoms with Gasteiger partial charge in [-0.25, -0.2) is 0 Å². The van der Waals surface area contributed by atoms with E-state index in [1.807, 2.05) is 49.6 Å². The fourth-order valence-electron chi connectivity index (χ4n) is 2.41. The predicted octanol–water partition coefficient (Wildman–Crippen LogP) is 5.53. The van der Waals surface area contributed by atoms with Gasteiger partial charge in [0.25, 0.3) is 5.91 Å². The van der Waals surface area contributed by atoms with Crippen molar-refractivity contribution in [3.8, 4) is 0 Å². The number of halogens is 1. The summed E-state index contributed by atoms with van der Waals surface area (Å²) in [6, 6.07) is 12.0. The summed E-state index contributed by atoms with van der Waals surface area (Å²) in [6.07, 6.45) is 0. The van der Waals surface area contributed by atoms with Gasteiger partial charge in [-0.2, -0.15) is 0 Å². The molecule has 2 nitrogen and oxygen atoms in total. The topological polar surface area (TPSA) is 29.1 Å². The number of anilines is 1. The molecule has 1 amide bonds. The zero-order valence-corrected chi connectivity index (χ0v) is 14.1. The Balaban J connectivity index is 1.97. The summed E-state index contributed by atoms with van der Waals surface area (Å²) in [5, 5.41) is 5.94. The molecule has 0 fully saturated rings. The van der Waals surface area contributed by atoms with Crippen molar-refractivity contribution in [1.82, 2.24) is 0 Å². The first kappa shape index (κ1) is 14.3. The van der Waals surface area contributed by atoms with Crippen molar-refractivity contribution in [2.45, 2.75) is 13.8 Å². The average molecular weight is 360 g/mol. The third-order valence-electron chi connectivity index (χ3n) is 3.40. The van der Waals surface area contributed by atoms with Crippen molar-refractivity contribution in [2.24, 2.45) is 0 Å². The Hall–Kier alpha value is -1.65. The number of thiophene rings is 1. The molecule has 0 atom stereocenters. The minimum atomic E-state index is -0.0693. The SMILES string of the molecule is Cc1cc(C)c(NC(=O)c2csc3ccccc23)c(Br)c1. The lowest BCUT2D eigenvalue weighted by Crippen LogP contribution is -2.12. The van der Waals surface area contributed by atoms with E-state index in [0.717, 1.165) is 31.4 Å². The number of carbonyl (C=O) groups excluding carboxylic acids is 1. The third-order valence-corrected chi connectivity index (χ3v) is 4.98. The van der Waals surface area contributed by atoms with Crippen LogP contribution in [0.4, 0.5) is 5.69 Å². The zero-order chi connectivity index (χ0) is 15.0. The van der Waals surface area contributed by atoms with Gasteiger partial charge in [-0.05, 0) is 53.0 Å². The Morgan fingerprint density at radius 3 is 2.71 bits per heavy atom. The molecule has 0 unspecified atom stereocenters. The molecule has 0 aliphatic heterocycles. The van der Waals surface area contributed by atoms with E-state index in [9.17, 15) is 4.79 Å². The highest BCUT2D eigenvalue weighted by atomic mass is 79.9. The third kappa shape index (κ3) is 2.74. The summed E-state index contributed by atoms with van der Waals surface area (Å²) in [7, 11) is 0. The Labute approximate surface area is 135 Å². The molecule has 21 heavy (non-hydrogen) atoms. The lowest BCUT2D eigenvalue weighted by Gasteiger charge is -2.11. The summed E-state index contributed by atoms with van der Waals surface area (Å²) < 4.78 is 2.04. The number of hydrogen-bond donors (Lipinski definition) is 1. The molecule has 2 aromatic carbocycles. The van der Waals surface area contributed by atoms with Crippen LogP contribution in [0.25, 0.3) is 10.1 Å². The van der Waals surface area contributed by atoms with E-state index in [0.29, 0.717) is 0 Å². The van der Waals surface area contributed by atoms with Crippen LogP contribution in [-0.4, -0.2) is 5.91 Å². The standard InChI is InChI=1S/C17H14BrNOS/c1-10-7-11(2)16(14(18)8-10)19-17(20)13-9-21-15-6-4-3-5-12(13)15/h3-9H,1-2H3,(H,19,20). The quantitative estimate of drug-likeness (QED) is 0.639. The molecule has 1 N–H and O–H groups in total. The number of benzene rings is 2. The maximum Gasteiger partial charge on any atom is 0.257 e. The second kappa shape index (κ2) is 5.62. The molecule has 0 radical (unpaired) electrons. The van der Waals surface area contributed by atoms with Gasteiger partial charge in [0.1, 0.15) is 0 Å². The zero-order valence-electron chi connectivity index (χ0n) is 11.7. The Bertz CT molecular complexity index is 815. The molecular weight excluding hydrogens is 346 g/mol. The largest absolute Gasteiger partial charge is 0.321 e. The van der Waals surface area contributed by atoms with Crippen LogP contribution < -0.4 is 5.32 Å². The van der Waals surface area contributed by atoms with Crippen molar-refractivity contribution in [3.05, 3.63) is 62.9 Å². The molecule has 0 aliphatic rings. The molecule has 0 saturated heterocycles. The minimum Gasteiger partial charge on any atom is -0.321 e. The van der Waals surface area contributed by atoms with Crippen LogP contribution in [0.5, 0.6) is 0 Å². The van der Waals surface area contributed by atoms with E-state index in [-0.39, 0.29) is 5.91 Å². The van der Waals surface area contributed by atoms with Gasteiger partial charge >= 0.3 is 0 Å². The summed E-state index contributed by atoms with van der Waals surface area (Å²) in [5.41, 5.74) is 3.77. The van der Waals surface area contributed by atoms with Gasteiger partial charge in [0.2, 0.25) is 0 Å². The fourth-order valence-corrected chi connectivity index (χ4v) is 4.12. The van der Waals surface area contributed by atoms with E-state index < -0.39 is 0 Å². The molecule has 1 heterocycles. The summed E-state index contributed by atoms with van der Waals surface area (Å²) >= 11 is 5.12. The van der Waals surface area contributed by atoms with Crippen LogP contribution in [0.3, 0.4) is 0 Å². The molecule has 0 spiro atoms. The molecule has 0 saturated carbocycles. The Morgan fingerprint density at radius 1 is 1.19 bits per heavy atom. The summed E-state index contributed by atoms with van der Waals surface area (Å²) in [5.74, 6) is -0.0693. The van der Waals surface area contributed by atoms with Gasteiger partial charge in [0.05, 0.1) is 11.3 Å². The fraction of sp³-hybridized carbons (Fsp3) is 0.118. The molecule has 3 rings (SSSR count). The maximum absolute atomic E-state index is 12.6. The number of fused-ring (bicyclic) bond motifs is 1. The lowest BCUT2D eigenvalue weighted by atomic mass is 10.1. The minimum absolute atomic E-state index is 0.0693. The smallest absolute Gasteiger partial charge is 0.257 e. The van der Waals surface area contributed by atoms with Crippen molar-refractivity contribution >= 4 is 48.9 Å². The van der Waals surface area contributed by atoms with Crippen LogP contribution in [0.15, 0.2) is 46.3 Å². The first-order chi connectivity index (χ1) is 10.1. The maximum atomic E-state index is 12.6. The van der Waals surface area contributed by atoms with Crippen LogP contribution >= 0.6 is 27.3 Å². The number of rotatable bonds is 2. The first-order valence-corrected chi connectivity index (χ1v) is 8.28. The number of hydrogen-bond acceptors (Lipinski definition) is 2. The molecule has 1 aromatic heterocycles. The van der Waals surface area contributed by atoms with E-state index >= 15 is 0 Å². The van der Waals surface area contributed by atoms with Gasteiger partial charge < -0.3 is 5.32 Å². The first-order valence-electron chi connectivity index (χ1n) is 6.60. The second-order valence-electron chi connectivity index (χ2n) is 5.04. The van der Waals surface area contributed by atoms with Crippen LogP contribution in [0, 0.1) is 13.8 Å². The van der Waals surface area contributed by atoms with E-state index in [1.54, 1.807) is 11.3 Å². The Morgan fingerprint density at radius 2 is 1.95 bits per heavy atom. The summed E-state index contributed by atoms with van der Waals surface area (Å²) in [6.45, 7) is 4.04. The van der Waals surface area contributed by atoms with Crippen LogP contribution in [-0.2, 0) is 0 Å². The van der Waals surface area contributed by atoms with Gasteiger partial charge in [0, 0.05) is 19.9 Å². The molecule has 106 valence electrons. The number of carbonyl (C=O) groups is 1. The molecule has 4 heteroatoms. The van der Waals surface area contributed by atoms with E-state index in [4.69, 9.17) is 0 Å². The van der Waals surface area contributed by atoms with Crippen LogP contribution in [0.1, 0.15) is 21.5 Å². The van der Waals surface area contributed by atoms with E-state index in [2.05, 4.69) is 27.3 Å². The normalized spacial score (nSPS) is 10.8. The molecule has 0 aliphatic carbocycles. The van der Waals surface area contributed by atoms with Gasteiger partial charge in [-0.1, -0.05) is 24.3 Å². The second-order valence-corrected chi connectivity index (χ2v) is 6.80. The highest BCUT2D eigenvalue weighted by molar-refractivity contribution is 9.10. The lowest BCUT2D eigenvalue weighted by molar-refractivity contribution is 0.102. The Kier molecular flexibility index (Phi) is 3.83. The molecular formula is C17H14BrNOS. The van der Waals surface area contributed by atoms with Crippen molar-refractivity contribution in [3.63, 3.8) is 0 Å². The van der Waals surface area contributed by atoms with Crippen molar-refractivity contribution in [1.29, 1.82) is 0 Å². The summed E-state index contributed by atoms with van der Waals surface area (Å²) in [4.78, 5) is 12.6. The monoisotopic (exact) mass is 359 g/mol. The molecule has 3 aromatic rings. The van der Waals surface area contributed by atoms with Crippen molar-refractivity contribution in [2.75, 3.05) is 5.32 Å². The van der Waals surface area contributed by atoms with Gasteiger partial charge in [0.15, 0.2) is 0 Å². The highest BCUT2D eigenvalue weighted by Gasteiger charge is 2.14. The number of aryl methyl sites for hydroxylation is 2. The van der Waals surface area contributed by atoms with Gasteiger partial charge in [-0.15, -0.1) is 11.3 Å². The number of nitrogens with one attached hydrogen (secondary N) is 1. The van der Waals surface area contributed by atoms with Crippen LogP contribution in [0.2, 0.25) is 0 Å². The average Bonchev–Trinajstić information content (AvgIpc) is 2.86. The predicted molar refractivity (Wildman–Crippen MR) is 93.4 cm³/mol.